The molecule has 0 saturated heterocycles. The van der Waals surface area contributed by atoms with Gasteiger partial charge in [-0.3, -0.25) is 0 Å². The van der Waals surface area contributed by atoms with Crippen LogP contribution in [-0.2, 0) is 11.0 Å². The minimum atomic E-state index is -0.111. The first-order valence-corrected chi connectivity index (χ1v) is 23.5. The fourth-order valence-corrected chi connectivity index (χ4v) is 11.6. The summed E-state index contributed by atoms with van der Waals surface area (Å²) in [6, 6.07) is 62.3. The van der Waals surface area contributed by atoms with Crippen LogP contribution in [0.25, 0.3) is 33.4 Å². The average molecular weight is 860 g/mol. The van der Waals surface area contributed by atoms with Crippen LogP contribution >= 0.6 is 0 Å². The second kappa shape index (κ2) is 16.1. The predicted molar refractivity (Wildman–Crippen MR) is 274 cm³/mol. The van der Waals surface area contributed by atoms with E-state index in [1.54, 1.807) is 0 Å². The van der Waals surface area contributed by atoms with Crippen molar-refractivity contribution in [2.24, 2.45) is 0 Å². The number of pyridine rings is 1. The SMILES string of the molecule is CCC1(C)c2ccc(N3c4ccc(-c5ncccn5)cc4N(c4cc(C)cc(C)c4)c4cc(N(c5ccccc5)c5ccccc5)ccc43)cc2-c2c3ccccc3cc[n+]2C1(CC)CC. The van der Waals surface area contributed by atoms with Gasteiger partial charge in [-0.25, -0.2) is 9.97 Å². The molecule has 7 aromatic carbocycles. The van der Waals surface area contributed by atoms with Crippen LogP contribution in [0, 0.1) is 13.8 Å². The van der Waals surface area contributed by atoms with Gasteiger partial charge in [-0.1, -0.05) is 87.5 Å². The van der Waals surface area contributed by atoms with Crippen LogP contribution in [0.2, 0.25) is 0 Å². The Morgan fingerprint density at radius 2 is 1.15 bits per heavy atom. The maximum atomic E-state index is 4.74. The summed E-state index contributed by atoms with van der Waals surface area (Å²) in [5.41, 5.74) is 16.9. The van der Waals surface area contributed by atoms with Gasteiger partial charge in [0, 0.05) is 65.3 Å². The van der Waals surface area contributed by atoms with Crippen molar-refractivity contribution >= 4 is 62.0 Å². The van der Waals surface area contributed by atoms with Crippen LogP contribution in [0.15, 0.2) is 188 Å². The number of nitrogens with zero attached hydrogens (tertiary/aromatic N) is 6. The zero-order chi connectivity index (χ0) is 45.2. The van der Waals surface area contributed by atoms with Crippen molar-refractivity contribution in [2.75, 3.05) is 14.7 Å². The first-order valence-electron chi connectivity index (χ1n) is 23.5. The average Bonchev–Trinajstić information content (AvgIpc) is 3.36. The van der Waals surface area contributed by atoms with E-state index in [9.17, 15) is 0 Å². The molecule has 66 heavy (non-hydrogen) atoms. The largest absolute Gasteiger partial charge is 0.310 e. The third kappa shape index (κ3) is 6.34. The minimum Gasteiger partial charge on any atom is -0.310 e. The Morgan fingerprint density at radius 3 is 1.82 bits per heavy atom. The van der Waals surface area contributed by atoms with Gasteiger partial charge in [0.05, 0.1) is 39.1 Å². The van der Waals surface area contributed by atoms with Crippen molar-refractivity contribution in [3.63, 3.8) is 0 Å². The number of hydrogen-bond donors (Lipinski definition) is 0. The fourth-order valence-electron chi connectivity index (χ4n) is 11.6. The van der Waals surface area contributed by atoms with Gasteiger partial charge < -0.3 is 14.7 Å². The second-order valence-corrected chi connectivity index (χ2v) is 18.2. The summed E-state index contributed by atoms with van der Waals surface area (Å²) >= 11 is 0. The van der Waals surface area contributed by atoms with Crippen molar-refractivity contribution in [2.45, 2.75) is 71.8 Å². The number of rotatable bonds is 9. The lowest BCUT2D eigenvalue weighted by molar-refractivity contribution is -0.768. The number of aromatic nitrogens is 3. The number of benzene rings is 7. The molecule has 0 aliphatic carbocycles. The maximum Gasteiger partial charge on any atom is 0.221 e. The molecule has 2 aromatic heterocycles. The standard InChI is InChI=1S/C60H55N6/c1-7-59(6)52-28-26-47(39-51(52)57-50-24-17-16-19-43(50)31-34-63(57)60(59,8-2)9-3)65-53-29-25-44(58-61-32-18-33-62-58)38-55(53)66(49-36-41(4)35-42(5)37-49)56-40-48(27-30-54(56)65)64(45-20-12-10-13-21-45)46-22-14-11-15-23-46/h10-40H,7-9H2,1-6H3/q+1. The van der Waals surface area contributed by atoms with Gasteiger partial charge in [0.2, 0.25) is 5.69 Å². The summed E-state index contributed by atoms with van der Waals surface area (Å²) in [5.74, 6) is 0.689. The van der Waals surface area contributed by atoms with Crippen molar-refractivity contribution in [3.05, 3.63) is 205 Å². The molecule has 0 radical (unpaired) electrons. The van der Waals surface area contributed by atoms with Gasteiger partial charge in [0.1, 0.15) is 0 Å². The zero-order valence-corrected chi connectivity index (χ0v) is 38.7. The molecule has 0 N–H and O–H groups in total. The molecule has 0 bridgehead atoms. The van der Waals surface area contributed by atoms with Crippen molar-refractivity contribution in [1.29, 1.82) is 0 Å². The summed E-state index contributed by atoms with van der Waals surface area (Å²) in [4.78, 5) is 16.8. The third-order valence-corrected chi connectivity index (χ3v) is 14.8. The quantitative estimate of drug-likeness (QED) is 0.135. The topological polar surface area (TPSA) is 39.4 Å². The first-order chi connectivity index (χ1) is 32.3. The second-order valence-electron chi connectivity index (χ2n) is 18.2. The lowest BCUT2D eigenvalue weighted by Crippen LogP contribution is -2.68. The van der Waals surface area contributed by atoms with Crippen molar-refractivity contribution < 1.29 is 4.57 Å². The number of anilines is 9. The molecule has 6 nitrogen and oxygen atoms in total. The van der Waals surface area contributed by atoms with Crippen LogP contribution in [-0.4, -0.2) is 9.97 Å². The maximum absolute atomic E-state index is 4.74. The number of aryl methyl sites for hydroxylation is 2. The van der Waals surface area contributed by atoms with Crippen LogP contribution in [0.3, 0.4) is 0 Å². The Bertz CT molecular complexity index is 3210. The zero-order valence-electron chi connectivity index (χ0n) is 38.7. The van der Waals surface area contributed by atoms with E-state index in [1.165, 1.54) is 38.7 Å². The minimum absolute atomic E-state index is 0.0951. The summed E-state index contributed by atoms with van der Waals surface area (Å²) in [6.45, 7) is 14.0. The molecular formula is C60H55N6+. The highest BCUT2D eigenvalue weighted by Crippen LogP contribution is 2.58. The van der Waals surface area contributed by atoms with Gasteiger partial charge in [-0.15, -0.1) is 0 Å². The van der Waals surface area contributed by atoms with Gasteiger partial charge in [-0.05, 0) is 146 Å². The molecule has 2 aliphatic rings. The van der Waals surface area contributed by atoms with Crippen LogP contribution in [0.1, 0.15) is 63.6 Å². The van der Waals surface area contributed by atoms with Gasteiger partial charge in [0.15, 0.2) is 17.6 Å². The van der Waals surface area contributed by atoms with E-state index in [0.717, 1.165) is 76.0 Å². The van der Waals surface area contributed by atoms with Gasteiger partial charge in [0.25, 0.3) is 0 Å². The number of hydrogen-bond acceptors (Lipinski definition) is 5. The number of fused-ring (bicyclic) bond motifs is 7. The molecule has 1 atom stereocenters. The Morgan fingerprint density at radius 1 is 0.530 bits per heavy atom. The normalized spacial score (nSPS) is 15.7. The lowest BCUT2D eigenvalue weighted by atomic mass is 9.58. The monoisotopic (exact) mass is 859 g/mol. The van der Waals surface area contributed by atoms with Crippen LogP contribution < -0.4 is 19.3 Å². The predicted octanol–water partition coefficient (Wildman–Crippen LogP) is 15.8. The summed E-state index contributed by atoms with van der Waals surface area (Å²) in [5, 5.41) is 2.53. The molecule has 9 aromatic rings. The molecule has 11 rings (SSSR count). The smallest absolute Gasteiger partial charge is 0.221 e. The van der Waals surface area contributed by atoms with E-state index in [4.69, 9.17) is 9.97 Å². The molecular weight excluding hydrogens is 805 g/mol. The molecule has 0 spiro atoms. The first kappa shape index (κ1) is 41.2. The molecule has 4 heterocycles. The van der Waals surface area contributed by atoms with Crippen LogP contribution in [0.5, 0.6) is 0 Å². The van der Waals surface area contributed by atoms with E-state index >= 15 is 0 Å². The summed E-state index contributed by atoms with van der Waals surface area (Å²) < 4.78 is 2.66. The Balaban J connectivity index is 1.21. The van der Waals surface area contributed by atoms with Gasteiger partial charge >= 0.3 is 0 Å². The van der Waals surface area contributed by atoms with Crippen LogP contribution in [0.4, 0.5) is 51.2 Å². The van der Waals surface area contributed by atoms with E-state index in [2.05, 4.69) is 231 Å². The highest BCUT2D eigenvalue weighted by molar-refractivity contribution is 6.05. The van der Waals surface area contributed by atoms with Crippen molar-refractivity contribution in [3.8, 4) is 22.6 Å². The van der Waals surface area contributed by atoms with Gasteiger partial charge in [-0.2, -0.15) is 4.57 Å². The number of para-hydroxylation sites is 2. The van der Waals surface area contributed by atoms with E-state index in [0.29, 0.717) is 5.82 Å². The molecule has 0 amide bonds. The van der Waals surface area contributed by atoms with E-state index < -0.39 is 0 Å². The van der Waals surface area contributed by atoms with Crippen molar-refractivity contribution in [1.82, 2.24) is 9.97 Å². The molecule has 2 aliphatic heterocycles. The highest BCUT2D eigenvalue weighted by Gasteiger charge is 2.58. The van der Waals surface area contributed by atoms with E-state index in [1.807, 2.05) is 18.5 Å². The molecule has 6 heteroatoms. The third-order valence-electron chi connectivity index (χ3n) is 14.8. The molecule has 324 valence electrons. The fraction of sp³-hybridized carbons (Fsp3) is 0.183. The molecule has 0 fully saturated rings. The lowest BCUT2D eigenvalue weighted by Gasteiger charge is -2.48. The molecule has 0 saturated carbocycles. The Labute approximate surface area is 389 Å². The van der Waals surface area contributed by atoms with E-state index in [-0.39, 0.29) is 11.0 Å². The summed E-state index contributed by atoms with van der Waals surface area (Å²) in [7, 11) is 0. The Hall–Kier alpha value is -7.57. The highest BCUT2D eigenvalue weighted by atomic mass is 15.3. The summed E-state index contributed by atoms with van der Waals surface area (Å²) in [6.07, 6.45) is 9.10. The Kier molecular flexibility index (Phi) is 10.1. The molecule has 1 unspecified atom stereocenters.